The zero-order valence-electron chi connectivity index (χ0n) is 19.1. The molecule has 0 aliphatic carbocycles. The molecule has 1 N–H and O–H groups in total. The van der Waals surface area contributed by atoms with Gasteiger partial charge in [0.1, 0.15) is 5.75 Å². The number of nitrogens with one attached hydrogen (secondary N) is 1. The summed E-state index contributed by atoms with van der Waals surface area (Å²) in [6.45, 7) is 3.09. The molecule has 0 saturated carbocycles. The van der Waals surface area contributed by atoms with Gasteiger partial charge >= 0.3 is 0 Å². The minimum Gasteiger partial charge on any atom is -0.494 e. The molecule has 1 aromatic heterocycles. The fourth-order valence-corrected chi connectivity index (χ4v) is 3.82. The highest BCUT2D eigenvalue weighted by atomic mass is 16.5. The predicted octanol–water partition coefficient (Wildman–Crippen LogP) is 4.26. The van der Waals surface area contributed by atoms with Crippen molar-refractivity contribution in [2.45, 2.75) is 19.4 Å². The molecule has 4 aromatic rings. The van der Waals surface area contributed by atoms with E-state index in [2.05, 4.69) is 10.4 Å². The van der Waals surface area contributed by atoms with Crippen molar-refractivity contribution in [1.82, 2.24) is 15.1 Å². The molecule has 0 atom stereocenters. The van der Waals surface area contributed by atoms with E-state index in [1.807, 2.05) is 91.9 Å². The summed E-state index contributed by atoms with van der Waals surface area (Å²) in [6.07, 6.45) is 0. The van der Waals surface area contributed by atoms with Crippen molar-refractivity contribution in [2.24, 2.45) is 0 Å². The maximum atomic E-state index is 13.2. The van der Waals surface area contributed by atoms with Crippen LogP contribution in [0.4, 0.5) is 0 Å². The Balaban J connectivity index is 1.46. The molecular formula is C28H27N3O3. The molecule has 0 fully saturated rings. The van der Waals surface area contributed by atoms with E-state index in [-0.39, 0.29) is 24.6 Å². The Hall–Kier alpha value is -4.19. The number of amides is 1. The second-order valence-electron chi connectivity index (χ2n) is 7.78. The number of hydrogen-bond donors (Lipinski definition) is 1. The average molecular weight is 454 g/mol. The number of carbonyl (C=O) groups is 1. The molecule has 4 rings (SSSR count). The average Bonchev–Trinajstić information content (AvgIpc) is 2.87. The van der Waals surface area contributed by atoms with Gasteiger partial charge < -0.3 is 10.1 Å². The van der Waals surface area contributed by atoms with Gasteiger partial charge in [0.05, 0.1) is 24.8 Å². The van der Waals surface area contributed by atoms with Gasteiger partial charge in [0, 0.05) is 18.2 Å². The van der Waals surface area contributed by atoms with E-state index < -0.39 is 5.92 Å². The molecule has 0 spiro atoms. The minimum absolute atomic E-state index is 0.117. The lowest BCUT2D eigenvalue weighted by Crippen LogP contribution is -2.35. The normalized spacial score (nSPS) is 10.8. The Bertz CT molecular complexity index is 1230. The monoisotopic (exact) mass is 453 g/mol. The van der Waals surface area contributed by atoms with Crippen LogP contribution in [0.1, 0.15) is 24.0 Å². The standard InChI is InChI=1S/C28H27N3O3/c1-2-34-24-15-13-21(14-16-24)25-17-18-26(32)31(30-25)20-19-29-28(33)27(22-9-5-3-6-10-22)23-11-7-4-8-12-23/h3-18,27H,2,19-20H2,1H3,(H,29,33). The lowest BCUT2D eigenvalue weighted by molar-refractivity contribution is -0.121. The topological polar surface area (TPSA) is 73.2 Å². The van der Waals surface area contributed by atoms with Crippen LogP contribution in [-0.4, -0.2) is 28.8 Å². The number of aromatic nitrogens is 2. The smallest absolute Gasteiger partial charge is 0.266 e. The molecule has 0 saturated heterocycles. The maximum Gasteiger partial charge on any atom is 0.266 e. The molecule has 1 heterocycles. The summed E-state index contributed by atoms with van der Waals surface area (Å²) in [7, 11) is 0. The number of hydrogen-bond acceptors (Lipinski definition) is 4. The third kappa shape index (κ3) is 5.59. The molecular weight excluding hydrogens is 426 g/mol. The van der Waals surface area contributed by atoms with Crippen LogP contribution in [0.3, 0.4) is 0 Å². The number of ether oxygens (including phenoxy) is 1. The second kappa shape index (κ2) is 11.1. The summed E-state index contributed by atoms with van der Waals surface area (Å²) in [4.78, 5) is 25.5. The van der Waals surface area contributed by atoms with E-state index in [1.165, 1.54) is 10.7 Å². The summed E-state index contributed by atoms with van der Waals surface area (Å²) in [6, 6.07) is 30.1. The van der Waals surface area contributed by atoms with E-state index in [9.17, 15) is 9.59 Å². The molecule has 172 valence electrons. The van der Waals surface area contributed by atoms with Crippen LogP contribution in [0.25, 0.3) is 11.3 Å². The fourth-order valence-electron chi connectivity index (χ4n) is 3.82. The Labute approximate surface area is 198 Å². The maximum absolute atomic E-state index is 13.2. The molecule has 0 aliphatic heterocycles. The Morgan fingerprint density at radius 1 is 0.882 bits per heavy atom. The molecule has 0 aliphatic rings. The van der Waals surface area contributed by atoms with Crippen molar-refractivity contribution >= 4 is 5.91 Å². The van der Waals surface area contributed by atoms with Gasteiger partial charge in [-0.15, -0.1) is 0 Å². The zero-order chi connectivity index (χ0) is 23.8. The quantitative estimate of drug-likeness (QED) is 0.411. The van der Waals surface area contributed by atoms with Crippen LogP contribution in [0.2, 0.25) is 0 Å². The third-order valence-electron chi connectivity index (χ3n) is 5.48. The number of benzene rings is 3. The van der Waals surface area contributed by atoms with Crippen LogP contribution < -0.4 is 15.6 Å². The van der Waals surface area contributed by atoms with E-state index in [0.717, 1.165) is 22.4 Å². The van der Waals surface area contributed by atoms with Crippen molar-refractivity contribution < 1.29 is 9.53 Å². The minimum atomic E-state index is -0.428. The van der Waals surface area contributed by atoms with Crippen molar-refractivity contribution in [1.29, 1.82) is 0 Å². The van der Waals surface area contributed by atoms with Crippen molar-refractivity contribution in [3.63, 3.8) is 0 Å². The molecule has 6 nitrogen and oxygen atoms in total. The first-order valence-corrected chi connectivity index (χ1v) is 11.3. The summed E-state index contributed by atoms with van der Waals surface area (Å²) < 4.78 is 6.86. The van der Waals surface area contributed by atoms with E-state index >= 15 is 0 Å². The SMILES string of the molecule is CCOc1ccc(-c2ccc(=O)n(CCNC(=O)C(c3ccccc3)c3ccccc3)n2)cc1. The van der Waals surface area contributed by atoms with Gasteiger partial charge in [0.25, 0.3) is 5.56 Å². The van der Waals surface area contributed by atoms with Crippen LogP contribution in [0.5, 0.6) is 5.75 Å². The number of rotatable bonds is 9. The summed E-state index contributed by atoms with van der Waals surface area (Å²) >= 11 is 0. The van der Waals surface area contributed by atoms with Gasteiger partial charge in [0.2, 0.25) is 5.91 Å². The van der Waals surface area contributed by atoms with Crippen molar-refractivity contribution in [2.75, 3.05) is 13.2 Å². The van der Waals surface area contributed by atoms with Crippen LogP contribution >= 0.6 is 0 Å². The first-order chi connectivity index (χ1) is 16.7. The Morgan fingerprint density at radius 3 is 2.09 bits per heavy atom. The predicted molar refractivity (Wildman–Crippen MR) is 133 cm³/mol. The first kappa shape index (κ1) is 23.0. The highest BCUT2D eigenvalue weighted by Crippen LogP contribution is 2.24. The van der Waals surface area contributed by atoms with Gasteiger partial charge in [-0.05, 0) is 48.4 Å². The van der Waals surface area contributed by atoms with Crippen LogP contribution in [-0.2, 0) is 11.3 Å². The Kier molecular flexibility index (Phi) is 7.50. The molecule has 34 heavy (non-hydrogen) atoms. The highest BCUT2D eigenvalue weighted by Gasteiger charge is 2.22. The first-order valence-electron chi connectivity index (χ1n) is 11.3. The number of carbonyl (C=O) groups excluding carboxylic acids is 1. The van der Waals surface area contributed by atoms with Gasteiger partial charge in [-0.3, -0.25) is 9.59 Å². The van der Waals surface area contributed by atoms with Crippen molar-refractivity contribution in [3.05, 3.63) is 119 Å². The Morgan fingerprint density at radius 2 is 1.50 bits per heavy atom. The molecule has 0 radical (unpaired) electrons. The van der Waals surface area contributed by atoms with Gasteiger partial charge in [-0.1, -0.05) is 60.7 Å². The summed E-state index contributed by atoms with van der Waals surface area (Å²) in [5.41, 5.74) is 3.18. The molecule has 0 unspecified atom stereocenters. The molecule has 1 amide bonds. The van der Waals surface area contributed by atoms with Gasteiger partial charge in [0.15, 0.2) is 0 Å². The fraction of sp³-hybridized carbons (Fsp3) is 0.179. The van der Waals surface area contributed by atoms with Gasteiger partial charge in [-0.2, -0.15) is 5.10 Å². The van der Waals surface area contributed by atoms with E-state index in [0.29, 0.717) is 12.3 Å². The number of nitrogens with zero attached hydrogens (tertiary/aromatic N) is 2. The second-order valence-corrected chi connectivity index (χ2v) is 7.78. The third-order valence-corrected chi connectivity index (χ3v) is 5.48. The van der Waals surface area contributed by atoms with Crippen LogP contribution in [0, 0.1) is 0 Å². The van der Waals surface area contributed by atoms with Crippen molar-refractivity contribution in [3.8, 4) is 17.0 Å². The largest absolute Gasteiger partial charge is 0.494 e. The van der Waals surface area contributed by atoms with E-state index in [4.69, 9.17) is 4.74 Å². The molecule has 6 heteroatoms. The van der Waals surface area contributed by atoms with E-state index in [1.54, 1.807) is 6.07 Å². The van der Waals surface area contributed by atoms with Crippen LogP contribution in [0.15, 0.2) is 102 Å². The zero-order valence-corrected chi connectivity index (χ0v) is 19.1. The highest BCUT2D eigenvalue weighted by molar-refractivity contribution is 5.87. The summed E-state index contributed by atoms with van der Waals surface area (Å²) in [5, 5.41) is 7.47. The lowest BCUT2D eigenvalue weighted by Gasteiger charge is -2.18. The van der Waals surface area contributed by atoms with Gasteiger partial charge in [-0.25, -0.2) is 4.68 Å². The summed E-state index contributed by atoms with van der Waals surface area (Å²) in [5.74, 6) is 0.240. The molecule has 3 aromatic carbocycles. The molecule has 0 bridgehead atoms. The lowest BCUT2D eigenvalue weighted by atomic mass is 9.90.